The number of benzene rings is 2. The Morgan fingerprint density at radius 2 is 1.57 bits per heavy atom. The van der Waals surface area contributed by atoms with Crippen molar-refractivity contribution in [2.24, 2.45) is 11.7 Å². The Bertz CT molecular complexity index is 519. The van der Waals surface area contributed by atoms with Gasteiger partial charge in [0.1, 0.15) is 12.4 Å². The molecular formula is C19H25NO. The van der Waals surface area contributed by atoms with Gasteiger partial charge in [-0.25, -0.2) is 0 Å². The van der Waals surface area contributed by atoms with E-state index in [9.17, 15) is 0 Å². The SMILES string of the molecule is CC(C)CC[C@H](N)c1ccc(OCc2ccccc2)cc1. The van der Waals surface area contributed by atoms with Crippen LogP contribution in [-0.2, 0) is 6.61 Å². The van der Waals surface area contributed by atoms with Gasteiger partial charge in [-0.05, 0) is 42.0 Å². The average molecular weight is 283 g/mol. The van der Waals surface area contributed by atoms with Crippen LogP contribution in [0.1, 0.15) is 43.9 Å². The number of rotatable bonds is 7. The summed E-state index contributed by atoms with van der Waals surface area (Å²) in [7, 11) is 0. The average Bonchev–Trinajstić information content (AvgIpc) is 2.52. The second kappa shape index (κ2) is 7.84. The molecule has 0 bridgehead atoms. The Labute approximate surface area is 127 Å². The molecule has 112 valence electrons. The van der Waals surface area contributed by atoms with Crippen LogP contribution in [0.15, 0.2) is 54.6 Å². The maximum Gasteiger partial charge on any atom is 0.119 e. The minimum absolute atomic E-state index is 0.121. The maximum atomic E-state index is 6.22. The van der Waals surface area contributed by atoms with Crippen molar-refractivity contribution in [3.8, 4) is 5.75 Å². The fourth-order valence-electron chi connectivity index (χ4n) is 2.23. The van der Waals surface area contributed by atoms with Gasteiger partial charge >= 0.3 is 0 Å². The smallest absolute Gasteiger partial charge is 0.119 e. The van der Waals surface area contributed by atoms with E-state index < -0.39 is 0 Å². The van der Waals surface area contributed by atoms with Crippen molar-refractivity contribution < 1.29 is 4.74 Å². The van der Waals surface area contributed by atoms with Crippen LogP contribution in [0.25, 0.3) is 0 Å². The summed E-state index contributed by atoms with van der Waals surface area (Å²) in [5.41, 5.74) is 8.58. The molecule has 2 rings (SSSR count). The van der Waals surface area contributed by atoms with E-state index in [2.05, 4.69) is 38.1 Å². The van der Waals surface area contributed by atoms with Crippen molar-refractivity contribution in [1.82, 2.24) is 0 Å². The third-order valence-electron chi connectivity index (χ3n) is 3.61. The van der Waals surface area contributed by atoms with E-state index in [0.29, 0.717) is 12.5 Å². The summed E-state index contributed by atoms with van der Waals surface area (Å²) < 4.78 is 5.78. The summed E-state index contributed by atoms with van der Waals surface area (Å²) in [6.45, 7) is 5.06. The quantitative estimate of drug-likeness (QED) is 0.799. The summed E-state index contributed by atoms with van der Waals surface area (Å²) in [6.07, 6.45) is 2.19. The van der Waals surface area contributed by atoms with E-state index in [1.54, 1.807) is 0 Å². The summed E-state index contributed by atoms with van der Waals surface area (Å²) in [5.74, 6) is 1.59. The first-order valence-corrected chi connectivity index (χ1v) is 7.67. The maximum absolute atomic E-state index is 6.22. The first-order valence-electron chi connectivity index (χ1n) is 7.67. The monoisotopic (exact) mass is 283 g/mol. The fourth-order valence-corrected chi connectivity index (χ4v) is 2.23. The second-order valence-electron chi connectivity index (χ2n) is 5.92. The molecule has 0 aliphatic heterocycles. The number of hydrogen-bond donors (Lipinski definition) is 1. The van der Waals surface area contributed by atoms with Crippen LogP contribution in [0.2, 0.25) is 0 Å². The van der Waals surface area contributed by atoms with E-state index in [1.807, 2.05) is 30.3 Å². The van der Waals surface area contributed by atoms with E-state index in [0.717, 1.165) is 18.6 Å². The van der Waals surface area contributed by atoms with E-state index in [-0.39, 0.29) is 6.04 Å². The highest BCUT2D eigenvalue weighted by Gasteiger charge is 2.07. The van der Waals surface area contributed by atoms with Crippen molar-refractivity contribution in [3.05, 3.63) is 65.7 Å². The van der Waals surface area contributed by atoms with Crippen LogP contribution >= 0.6 is 0 Å². The Balaban J connectivity index is 1.87. The summed E-state index contributed by atoms with van der Waals surface area (Å²) in [6, 6.07) is 18.5. The molecule has 2 N–H and O–H groups in total. The van der Waals surface area contributed by atoms with Gasteiger partial charge in [0.25, 0.3) is 0 Å². The molecule has 1 atom stereocenters. The van der Waals surface area contributed by atoms with Crippen LogP contribution in [0.3, 0.4) is 0 Å². The molecule has 0 amide bonds. The predicted molar refractivity (Wildman–Crippen MR) is 88.2 cm³/mol. The minimum atomic E-state index is 0.121. The highest BCUT2D eigenvalue weighted by Crippen LogP contribution is 2.21. The molecule has 2 nitrogen and oxygen atoms in total. The Morgan fingerprint density at radius 3 is 2.19 bits per heavy atom. The van der Waals surface area contributed by atoms with E-state index in [4.69, 9.17) is 10.5 Å². The largest absolute Gasteiger partial charge is 0.489 e. The van der Waals surface area contributed by atoms with Crippen molar-refractivity contribution in [1.29, 1.82) is 0 Å². The van der Waals surface area contributed by atoms with Gasteiger partial charge in [-0.1, -0.05) is 56.3 Å². The van der Waals surface area contributed by atoms with E-state index in [1.165, 1.54) is 11.1 Å². The molecule has 0 heterocycles. The van der Waals surface area contributed by atoms with Gasteiger partial charge in [0.05, 0.1) is 0 Å². The Hall–Kier alpha value is -1.80. The fraction of sp³-hybridized carbons (Fsp3) is 0.368. The predicted octanol–water partition coefficient (Wildman–Crippen LogP) is 4.70. The van der Waals surface area contributed by atoms with Crippen molar-refractivity contribution in [3.63, 3.8) is 0 Å². The third kappa shape index (κ3) is 5.24. The second-order valence-corrected chi connectivity index (χ2v) is 5.92. The highest BCUT2D eigenvalue weighted by atomic mass is 16.5. The summed E-state index contributed by atoms with van der Waals surface area (Å²) in [4.78, 5) is 0. The van der Waals surface area contributed by atoms with Crippen LogP contribution in [0.5, 0.6) is 5.75 Å². The molecule has 21 heavy (non-hydrogen) atoms. The molecule has 0 aliphatic carbocycles. The third-order valence-corrected chi connectivity index (χ3v) is 3.61. The molecular weight excluding hydrogens is 258 g/mol. The van der Waals surface area contributed by atoms with Crippen LogP contribution in [0, 0.1) is 5.92 Å². The van der Waals surface area contributed by atoms with Crippen LogP contribution < -0.4 is 10.5 Å². The molecule has 0 fully saturated rings. The first-order chi connectivity index (χ1) is 10.1. The van der Waals surface area contributed by atoms with Gasteiger partial charge in [-0.2, -0.15) is 0 Å². The summed E-state index contributed by atoms with van der Waals surface area (Å²) in [5, 5.41) is 0. The van der Waals surface area contributed by atoms with Crippen LogP contribution in [-0.4, -0.2) is 0 Å². The van der Waals surface area contributed by atoms with Crippen molar-refractivity contribution in [2.45, 2.75) is 39.3 Å². The minimum Gasteiger partial charge on any atom is -0.489 e. The molecule has 0 aliphatic rings. The normalized spacial score (nSPS) is 12.4. The zero-order valence-corrected chi connectivity index (χ0v) is 13.0. The molecule has 0 aromatic heterocycles. The highest BCUT2D eigenvalue weighted by molar-refractivity contribution is 5.29. The molecule has 0 spiro atoms. The number of nitrogens with two attached hydrogens (primary N) is 1. The molecule has 0 radical (unpaired) electrons. The molecule has 2 heteroatoms. The molecule has 2 aromatic rings. The Kier molecular flexibility index (Phi) is 5.82. The van der Waals surface area contributed by atoms with Gasteiger partial charge in [-0.15, -0.1) is 0 Å². The standard InChI is InChI=1S/C19H25NO/c1-15(2)8-13-19(20)17-9-11-18(12-10-17)21-14-16-6-4-3-5-7-16/h3-7,9-12,15,19H,8,13-14,20H2,1-2H3/t19-/m0/s1. The van der Waals surface area contributed by atoms with Gasteiger partial charge in [-0.3, -0.25) is 0 Å². The van der Waals surface area contributed by atoms with Gasteiger partial charge in [0, 0.05) is 6.04 Å². The van der Waals surface area contributed by atoms with Gasteiger partial charge in [0.2, 0.25) is 0 Å². The van der Waals surface area contributed by atoms with Gasteiger partial charge in [0.15, 0.2) is 0 Å². The molecule has 0 saturated heterocycles. The first kappa shape index (κ1) is 15.6. The topological polar surface area (TPSA) is 35.2 Å². The van der Waals surface area contributed by atoms with Gasteiger partial charge < -0.3 is 10.5 Å². The summed E-state index contributed by atoms with van der Waals surface area (Å²) >= 11 is 0. The van der Waals surface area contributed by atoms with Crippen LogP contribution in [0.4, 0.5) is 0 Å². The van der Waals surface area contributed by atoms with E-state index >= 15 is 0 Å². The molecule has 0 saturated carbocycles. The number of hydrogen-bond acceptors (Lipinski definition) is 2. The molecule has 2 aromatic carbocycles. The zero-order valence-electron chi connectivity index (χ0n) is 13.0. The lowest BCUT2D eigenvalue weighted by Crippen LogP contribution is -2.11. The lowest BCUT2D eigenvalue weighted by Gasteiger charge is -2.14. The Morgan fingerprint density at radius 1 is 0.905 bits per heavy atom. The number of ether oxygens (including phenoxy) is 1. The lowest BCUT2D eigenvalue weighted by atomic mass is 9.98. The lowest BCUT2D eigenvalue weighted by molar-refractivity contribution is 0.306. The van der Waals surface area contributed by atoms with Crippen molar-refractivity contribution >= 4 is 0 Å². The zero-order chi connectivity index (χ0) is 15.1. The van der Waals surface area contributed by atoms with Crippen molar-refractivity contribution in [2.75, 3.05) is 0 Å². The molecule has 0 unspecified atom stereocenters.